The molecule has 0 amide bonds. The summed E-state index contributed by atoms with van der Waals surface area (Å²) in [6.45, 7) is 0. The van der Waals surface area contributed by atoms with Crippen LogP contribution in [0.4, 0.5) is 18.9 Å². The van der Waals surface area contributed by atoms with E-state index in [0.29, 0.717) is 11.5 Å². The van der Waals surface area contributed by atoms with Crippen molar-refractivity contribution < 1.29 is 30.0 Å². The van der Waals surface area contributed by atoms with E-state index in [1.807, 2.05) is 0 Å². The minimum atomic E-state index is -4.91. The van der Waals surface area contributed by atoms with Gasteiger partial charge in [-0.1, -0.05) is 35.9 Å². The molecule has 0 unspecified atom stereocenters. The van der Waals surface area contributed by atoms with Crippen LogP contribution in [0.2, 0.25) is 5.02 Å². The summed E-state index contributed by atoms with van der Waals surface area (Å²) < 4.78 is 91.6. The lowest BCUT2D eigenvalue weighted by molar-refractivity contribution is -0.137. The zero-order valence-electron chi connectivity index (χ0n) is 13.6. The Kier molecular flexibility index (Phi) is 3.98. The molecule has 146 valence electrons. The van der Waals surface area contributed by atoms with E-state index in [-0.39, 0.29) is 19.7 Å². The minimum absolute atomic E-state index is 0.142. The van der Waals surface area contributed by atoms with E-state index in [1.54, 1.807) is 12.1 Å². The molecular formula is C17H9ClF3NO4S2. The number of benzene rings is 3. The number of hydrogen-bond acceptors (Lipinski definition) is 4. The SMILES string of the molecule is O=S(=O)(c1ccc(Cl)c(C(F)(F)F)c1)N1c2cccc3cccc(c23)S1(=O)=O. The molecule has 0 radical (unpaired) electrons. The Morgan fingerprint density at radius 1 is 0.964 bits per heavy atom. The fraction of sp³-hybridized carbons (Fsp3) is 0.0588. The number of hydrogen-bond donors (Lipinski definition) is 0. The molecule has 0 N–H and O–H groups in total. The van der Waals surface area contributed by atoms with Crippen molar-refractivity contribution in [1.29, 1.82) is 0 Å². The van der Waals surface area contributed by atoms with Crippen LogP contribution in [0, 0.1) is 0 Å². The molecule has 28 heavy (non-hydrogen) atoms. The summed E-state index contributed by atoms with van der Waals surface area (Å²) >= 11 is 5.54. The highest BCUT2D eigenvalue weighted by Crippen LogP contribution is 2.45. The molecule has 0 spiro atoms. The second kappa shape index (κ2) is 5.85. The van der Waals surface area contributed by atoms with Gasteiger partial charge in [0.2, 0.25) is 0 Å². The third-order valence-electron chi connectivity index (χ3n) is 4.30. The van der Waals surface area contributed by atoms with Crippen LogP contribution in [0.25, 0.3) is 10.8 Å². The Balaban J connectivity index is 1.99. The summed E-state index contributed by atoms with van der Waals surface area (Å²) in [6.07, 6.45) is -4.91. The van der Waals surface area contributed by atoms with E-state index >= 15 is 0 Å². The molecule has 0 aliphatic carbocycles. The summed E-state index contributed by atoms with van der Waals surface area (Å²) in [4.78, 5) is -1.06. The molecule has 11 heteroatoms. The van der Waals surface area contributed by atoms with Gasteiger partial charge in [0, 0.05) is 5.39 Å². The van der Waals surface area contributed by atoms with Crippen LogP contribution in [0.15, 0.2) is 64.4 Å². The lowest BCUT2D eigenvalue weighted by atomic mass is 10.1. The van der Waals surface area contributed by atoms with Gasteiger partial charge in [-0.05, 0) is 35.7 Å². The van der Waals surface area contributed by atoms with Crippen LogP contribution in [0.3, 0.4) is 0 Å². The van der Waals surface area contributed by atoms with Crippen LogP contribution in [-0.4, -0.2) is 16.8 Å². The van der Waals surface area contributed by atoms with Gasteiger partial charge in [-0.25, -0.2) is 8.42 Å². The Morgan fingerprint density at radius 3 is 2.25 bits per heavy atom. The molecule has 0 aromatic heterocycles. The Hall–Kier alpha value is -2.30. The average Bonchev–Trinajstić information content (AvgIpc) is 2.84. The Morgan fingerprint density at radius 2 is 1.61 bits per heavy atom. The van der Waals surface area contributed by atoms with E-state index < -0.39 is 41.7 Å². The topological polar surface area (TPSA) is 71.5 Å². The van der Waals surface area contributed by atoms with Crippen LogP contribution >= 0.6 is 11.6 Å². The first kappa shape index (κ1) is 19.0. The van der Waals surface area contributed by atoms with E-state index in [4.69, 9.17) is 11.6 Å². The summed E-state index contributed by atoms with van der Waals surface area (Å²) in [5, 5.41) is -0.0111. The van der Waals surface area contributed by atoms with Crippen molar-refractivity contribution in [2.45, 2.75) is 16.0 Å². The third kappa shape index (κ3) is 2.59. The highest BCUT2D eigenvalue weighted by molar-refractivity contribution is 8.10. The van der Waals surface area contributed by atoms with Gasteiger partial charge in [-0.3, -0.25) is 0 Å². The number of nitrogens with zero attached hydrogens (tertiary/aromatic N) is 1. The third-order valence-corrected chi connectivity index (χ3v) is 8.82. The van der Waals surface area contributed by atoms with E-state index in [0.717, 1.165) is 12.1 Å². The maximum atomic E-state index is 13.1. The summed E-state index contributed by atoms with van der Waals surface area (Å²) in [5.41, 5.74) is -1.51. The van der Waals surface area contributed by atoms with Crippen molar-refractivity contribution in [3.8, 4) is 0 Å². The van der Waals surface area contributed by atoms with Crippen molar-refractivity contribution in [3.05, 3.63) is 65.2 Å². The lowest BCUT2D eigenvalue weighted by Crippen LogP contribution is -2.34. The number of halogens is 4. The van der Waals surface area contributed by atoms with Crippen molar-refractivity contribution in [2.75, 3.05) is 3.71 Å². The first-order chi connectivity index (χ1) is 13.0. The molecule has 5 nitrogen and oxygen atoms in total. The summed E-state index contributed by atoms with van der Waals surface area (Å²) in [7, 11) is -9.40. The van der Waals surface area contributed by atoms with Gasteiger partial charge >= 0.3 is 6.18 Å². The smallest absolute Gasteiger partial charge is 0.200 e. The number of alkyl halides is 3. The molecule has 0 atom stereocenters. The predicted molar refractivity (Wildman–Crippen MR) is 97.3 cm³/mol. The minimum Gasteiger partial charge on any atom is -0.200 e. The summed E-state index contributed by atoms with van der Waals surface area (Å²) in [5.74, 6) is 0. The van der Waals surface area contributed by atoms with E-state index in [9.17, 15) is 30.0 Å². The molecule has 1 aliphatic rings. The largest absolute Gasteiger partial charge is 0.417 e. The molecule has 0 saturated heterocycles. The maximum Gasteiger partial charge on any atom is 0.417 e. The predicted octanol–water partition coefficient (Wildman–Crippen LogP) is 4.41. The number of rotatable bonds is 2. The quantitative estimate of drug-likeness (QED) is 0.583. The molecule has 0 fully saturated rings. The Labute approximate surface area is 163 Å². The normalized spacial score (nSPS) is 15.9. The van der Waals surface area contributed by atoms with Gasteiger partial charge in [0.1, 0.15) is 0 Å². The highest BCUT2D eigenvalue weighted by Gasteiger charge is 2.45. The molecule has 3 aromatic carbocycles. The van der Waals surface area contributed by atoms with Crippen molar-refractivity contribution in [1.82, 2.24) is 0 Å². The monoisotopic (exact) mass is 447 g/mol. The highest BCUT2D eigenvalue weighted by atomic mass is 35.5. The molecule has 4 rings (SSSR count). The van der Waals surface area contributed by atoms with Gasteiger partial charge < -0.3 is 0 Å². The maximum absolute atomic E-state index is 13.1. The number of anilines is 1. The van der Waals surface area contributed by atoms with Crippen LogP contribution < -0.4 is 3.71 Å². The zero-order chi connectivity index (χ0) is 20.5. The fourth-order valence-electron chi connectivity index (χ4n) is 3.11. The molecule has 1 heterocycles. The van der Waals surface area contributed by atoms with Gasteiger partial charge in [0.15, 0.2) is 0 Å². The van der Waals surface area contributed by atoms with Crippen LogP contribution in [0.1, 0.15) is 5.56 Å². The van der Waals surface area contributed by atoms with Crippen molar-refractivity contribution >= 4 is 48.1 Å². The van der Waals surface area contributed by atoms with E-state index in [1.165, 1.54) is 24.3 Å². The lowest BCUT2D eigenvalue weighted by Gasteiger charge is -2.20. The molecule has 0 bridgehead atoms. The van der Waals surface area contributed by atoms with Gasteiger partial charge in [0.05, 0.1) is 26.1 Å². The average molecular weight is 448 g/mol. The molecule has 3 aromatic rings. The standard InChI is InChI=1S/C17H9ClF3NO4S2/c18-13-8-7-11(9-12(13)17(19,20)21)27(23,24)22-14-5-1-3-10-4-2-6-15(16(10)14)28(22,25)26/h1-9H. The van der Waals surface area contributed by atoms with Gasteiger partial charge in [-0.2, -0.15) is 25.3 Å². The second-order valence-corrected chi connectivity index (χ2v) is 10.2. The first-order valence-electron chi connectivity index (χ1n) is 7.65. The molecular weight excluding hydrogens is 439 g/mol. The first-order valence-corrected chi connectivity index (χ1v) is 10.9. The van der Waals surface area contributed by atoms with Gasteiger partial charge in [0.25, 0.3) is 20.0 Å². The summed E-state index contributed by atoms with van der Waals surface area (Å²) in [6, 6.07) is 10.6. The van der Waals surface area contributed by atoms with Gasteiger partial charge in [-0.15, -0.1) is 0 Å². The number of sulfonamides is 2. The molecule has 1 aliphatic heterocycles. The Bertz CT molecular complexity index is 1350. The fourth-order valence-corrected chi connectivity index (χ4v) is 7.30. The van der Waals surface area contributed by atoms with Crippen molar-refractivity contribution in [2.24, 2.45) is 0 Å². The van der Waals surface area contributed by atoms with Crippen LogP contribution in [-0.2, 0) is 26.2 Å². The van der Waals surface area contributed by atoms with Crippen molar-refractivity contribution in [3.63, 3.8) is 0 Å². The van der Waals surface area contributed by atoms with E-state index in [2.05, 4.69) is 0 Å². The zero-order valence-corrected chi connectivity index (χ0v) is 16.0. The second-order valence-electron chi connectivity index (χ2n) is 5.98. The molecule has 0 saturated carbocycles. The van der Waals surface area contributed by atoms with Crippen LogP contribution in [0.5, 0.6) is 0 Å².